The van der Waals surface area contributed by atoms with Gasteiger partial charge in [-0.05, 0) is 49.4 Å². The summed E-state index contributed by atoms with van der Waals surface area (Å²) in [4.78, 5) is 0. The van der Waals surface area contributed by atoms with Crippen molar-refractivity contribution < 1.29 is 10.2 Å². The summed E-state index contributed by atoms with van der Waals surface area (Å²) in [6.07, 6.45) is 2.77. The van der Waals surface area contributed by atoms with Crippen molar-refractivity contribution >= 4 is 6.08 Å². The van der Waals surface area contributed by atoms with Crippen LogP contribution in [-0.4, -0.2) is 16.8 Å². The van der Waals surface area contributed by atoms with Gasteiger partial charge in [-0.2, -0.15) is 0 Å². The quantitative estimate of drug-likeness (QED) is 0.822. The second kappa shape index (κ2) is 4.19. The summed E-state index contributed by atoms with van der Waals surface area (Å²) < 4.78 is 0. The first-order chi connectivity index (χ1) is 7.99. The van der Waals surface area contributed by atoms with Crippen LogP contribution in [0.3, 0.4) is 0 Å². The lowest BCUT2D eigenvalue weighted by atomic mass is 9.88. The number of benzene rings is 1. The van der Waals surface area contributed by atoms with Crippen LogP contribution in [0, 0.1) is 13.8 Å². The summed E-state index contributed by atoms with van der Waals surface area (Å²) in [7, 11) is 0. The molecule has 92 valence electrons. The molecule has 0 saturated heterocycles. The van der Waals surface area contributed by atoms with Gasteiger partial charge in [-0.3, -0.25) is 0 Å². The Hall–Kier alpha value is -1.28. The number of aliphatic hydroxyl groups excluding tert-OH is 1. The molecule has 2 nitrogen and oxygen atoms in total. The highest BCUT2D eigenvalue weighted by molar-refractivity contribution is 5.74. The van der Waals surface area contributed by atoms with E-state index in [4.69, 9.17) is 5.11 Å². The fraction of sp³-hybridized carbons (Fsp3) is 0.467. The Morgan fingerprint density at radius 1 is 1.18 bits per heavy atom. The molecule has 1 aromatic rings. The van der Waals surface area contributed by atoms with Crippen LogP contribution in [0.15, 0.2) is 5.57 Å². The summed E-state index contributed by atoms with van der Waals surface area (Å²) in [5.74, 6) is 0.709. The van der Waals surface area contributed by atoms with Gasteiger partial charge in [0.25, 0.3) is 0 Å². The summed E-state index contributed by atoms with van der Waals surface area (Å²) in [6.45, 7) is 8.37. The number of fused-ring (bicyclic) bond motifs is 1. The standard InChI is InChI=1S/C15H20O2/c1-8-7-13-10(3)12(5-6-16)11(4)15(17)14(13)9(8)2/h7,9,16-17H,5-6H2,1-4H3/t9-/m0/s1. The molecule has 1 aliphatic rings. The summed E-state index contributed by atoms with van der Waals surface area (Å²) >= 11 is 0. The van der Waals surface area contributed by atoms with Gasteiger partial charge in [-0.1, -0.05) is 18.6 Å². The van der Waals surface area contributed by atoms with Crippen LogP contribution in [0.25, 0.3) is 6.08 Å². The van der Waals surface area contributed by atoms with Crippen molar-refractivity contribution in [2.75, 3.05) is 6.61 Å². The molecular formula is C15H20O2. The molecule has 0 unspecified atom stereocenters. The Morgan fingerprint density at radius 3 is 2.41 bits per heavy atom. The molecule has 0 spiro atoms. The summed E-state index contributed by atoms with van der Waals surface area (Å²) in [5, 5.41) is 19.4. The first-order valence-electron chi connectivity index (χ1n) is 6.13. The fourth-order valence-corrected chi connectivity index (χ4v) is 2.81. The van der Waals surface area contributed by atoms with Crippen LogP contribution in [0.2, 0.25) is 0 Å². The van der Waals surface area contributed by atoms with Crippen molar-refractivity contribution in [3.8, 4) is 5.75 Å². The first-order valence-corrected chi connectivity index (χ1v) is 6.13. The van der Waals surface area contributed by atoms with E-state index in [0.717, 1.165) is 22.3 Å². The maximum Gasteiger partial charge on any atom is 0.123 e. The molecule has 0 amide bonds. The Bertz CT molecular complexity index is 498. The normalized spacial score (nSPS) is 18.2. The van der Waals surface area contributed by atoms with E-state index in [1.165, 1.54) is 11.1 Å². The van der Waals surface area contributed by atoms with Gasteiger partial charge >= 0.3 is 0 Å². The molecular weight excluding hydrogens is 212 g/mol. The second-order valence-corrected chi connectivity index (χ2v) is 4.99. The van der Waals surface area contributed by atoms with Crippen molar-refractivity contribution in [3.63, 3.8) is 0 Å². The Balaban J connectivity index is 2.71. The minimum atomic E-state index is 0.123. The topological polar surface area (TPSA) is 40.5 Å². The maximum atomic E-state index is 10.3. The molecule has 2 heteroatoms. The van der Waals surface area contributed by atoms with E-state index in [0.29, 0.717) is 18.1 Å². The van der Waals surface area contributed by atoms with Crippen LogP contribution in [0.4, 0.5) is 0 Å². The number of hydrogen-bond donors (Lipinski definition) is 2. The average Bonchev–Trinajstić information content (AvgIpc) is 2.59. The number of allylic oxidation sites excluding steroid dienone is 1. The van der Waals surface area contributed by atoms with E-state index in [2.05, 4.69) is 26.8 Å². The predicted octanol–water partition coefficient (Wildman–Crippen LogP) is 3.06. The van der Waals surface area contributed by atoms with Gasteiger partial charge in [0.05, 0.1) is 0 Å². The number of rotatable bonds is 2. The van der Waals surface area contributed by atoms with Crippen molar-refractivity contribution in [1.82, 2.24) is 0 Å². The van der Waals surface area contributed by atoms with E-state index in [1.54, 1.807) is 0 Å². The molecule has 0 heterocycles. The number of phenolic OH excluding ortho intramolecular Hbond substituents is 1. The maximum absolute atomic E-state index is 10.3. The van der Waals surface area contributed by atoms with E-state index in [1.807, 2.05) is 6.92 Å². The highest BCUT2D eigenvalue weighted by atomic mass is 16.3. The molecule has 0 aromatic heterocycles. The third-order valence-electron chi connectivity index (χ3n) is 4.06. The van der Waals surface area contributed by atoms with E-state index < -0.39 is 0 Å². The van der Waals surface area contributed by atoms with Crippen LogP contribution in [0.1, 0.15) is 47.6 Å². The minimum absolute atomic E-state index is 0.123. The smallest absolute Gasteiger partial charge is 0.123 e. The van der Waals surface area contributed by atoms with Crippen molar-refractivity contribution in [2.45, 2.75) is 40.0 Å². The van der Waals surface area contributed by atoms with Gasteiger partial charge in [0.1, 0.15) is 5.75 Å². The molecule has 1 aliphatic carbocycles. The SMILES string of the molecule is CC1=Cc2c(C)c(CCO)c(C)c(O)c2[C@H]1C. The Labute approximate surface area is 103 Å². The third kappa shape index (κ3) is 1.67. The largest absolute Gasteiger partial charge is 0.507 e. The Morgan fingerprint density at radius 2 is 1.82 bits per heavy atom. The molecule has 2 rings (SSSR count). The highest BCUT2D eigenvalue weighted by Gasteiger charge is 2.26. The van der Waals surface area contributed by atoms with Crippen LogP contribution in [-0.2, 0) is 6.42 Å². The third-order valence-corrected chi connectivity index (χ3v) is 4.06. The molecule has 0 saturated carbocycles. The van der Waals surface area contributed by atoms with Gasteiger partial charge in [0, 0.05) is 18.1 Å². The van der Waals surface area contributed by atoms with Crippen molar-refractivity contribution in [3.05, 3.63) is 33.4 Å². The van der Waals surface area contributed by atoms with E-state index in [9.17, 15) is 5.11 Å². The van der Waals surface area contributed by atoms with Crippen LogP contribution in [0.5, 0.6) is 5.75 Å². The number of aromatic hydroxyl groups is 1. The number of aliphatic hydroxyl groups is 1. The molecule has 0 fully saturated rings. The molecule has 1 aromatic carbocycles. The predicted molar refractivity (Wildman–Crippen MR) is 70.4 cm³/mol. The lowest BCUT2D eigenvalue weighted by molar-refractivity contribution is 0.299. The van der Waals surface area contributed by atoms with Gasteiger partial charge in [-0.25, -0.2) is 0 Å². The van der Waals surface area contributed by atoms with E-state index >= 15 is 0 Å². The molecule has 17 heavy (non-hydrogen) atoms. The molecule has 2 N–H and O–H groups in total. The summed E-state index contributed by atoms with van der Waals surface area (Å²) in [5.41, 5.74) is 6.71. The molecule has 0 radical (unpaired) electrons. The Kier molecular flexibility index (Phi) is 3.00. The van der Waals surface area contributed by atoms with Crippen LogP contribution >= 0.6 is 0 Å². The second-order valence-electron chi connectivity index (χ2n) is 4.99. The van der Waals surface area contributed by atoms with E-state index in [-0.39, 0.29) is 6.61 Å². The zero-order valence-corrected chi connectivity index (χ0v) is 11.0. The minimum Gasteiger partial charge on any atom is -0.507 e. The molecule has 1 atom stereocenters. The lowest BCUT2D eigenvalue weighted by Gasteiger charge is -2.18. The van der Waals surface area contributed by atoms with Gasteiger partial charge in [0.15, 0.2) is 0 Å². The van der Waals surface area contributed by atoms with Crippen LogP contribution < -0.4 is 0 Å². The highest BCUT2D eigenvalue weighted by Crippen LogP contribution is 2.45. The fourth-order valence-electron chi connectivity index (χ4n) is 2.81. The zero-order chi connectivity index (χ0) is 12.7. The van der Waals surface area contributed by atoms with Gasteiger partial charge in [0.2, 0.25) is 0 Å². The monoisotopic (exact) mass is 232 g/mol. The molecule has 0 bridgehead atoms. The summed E-state index contributed by atoms with van der Waals surface area (Å²) in [6, 6.07) is 0. The number of hydrogen-bond acceptors (Lipinski definition) is 2. The molecule has 0 aliphatic heterocycles. The first kappa shape index (κ1) is 12.2. The number of phenols is 1. The zero-order valence-electron chi connectivity index (χ0n) is 11.0. The van der Waals surface area contributed by atoms with Crippen molar-refractivity contribution in [2.24, 2.45) is 0 Å². The lowest BCUT2D eigenvalue weighted by Crippen LogP contribution is -2.03. The van der Waals surface area contributed by atoms with Gasteiger partial charge in [-0.15, -0.1) is 0 Å². The van der Waals surface area contributed by atoms with Crippen molar-refractivity contribution in [1.29, 1.82) is 0 Å². The average molecular weight is 232 g/mol. The van der Waals surface area contributed by atoms with Gasteiger partial charge < -0.3 is 10.2 Å².